The van der Waals surface area contributed by atoms with Crippen molar-refractivity contribution in [3.8, 4) is 11.3 Å². The summed E-state index contributed by atoms with van der Waals surface area (Å²) in [5.41, 5.74) is 2.99. The van der Waals surface area contributed by atoms with E-state index in [4.69, 9.17) is 0 Å². The first-order chi connectivity index (χ1) is 18.9. The Morgan fingerprint density at radius 2 is 1.79 bits per heavy atom. The Labute approximate surface area is 226 Å². The summed E-state index contributed by atoms with van der Waals surface area (Å²) in [4.78, 5) is 21.7. The standard InChI is InChI=1S/C31H32F2N4O2/c32-21-4-6-22(7-5-21)35-8-9-36(30(35)39)29-19-10-18-11-20(29)15-31(13-18,14-19)27(38)12-25-28-23(2-1-3-24(28)33)26-16-34-17-37(25)26/h1-7,16-20,25,27,29,38H,8-15H2. The molecule has 3 aromatic rings. The molecule has 1 aromatic heterocycles. The molecule has 2 amide bonds. The number of amides is 2. The van der Waals surface area contributed by atoms with Gasteiger partial charge in [0.2, 0.25) is 0 Å². The molecule has 8 heteroatoms. The minimum atomic E-state index is -0.553. The summed E-state index contributed by atoms with van der Waals surface area (Å²) in [7, 11) is 0. The van der Waals surface area contributed by atoms with Crippen LogP contribution in [0.1, 0.15) is 50.1 Å². The van der Waals surface area contributed by atoms with Gasteiger partial charge in [-0.05, 0) is 92.0 Å². The zero-order valence-corrected chi connectivity index (χ0v) is 21.7. The van der Waals surface area contributed by atoms with Crippen LogP contribution < -0.4 is 4.90 Å². The molecule has 4 unspecified atom stereocenters. The van der Waals surface area contributed by atoms with E-state index in [0.717, 1.165) is 49.0 Å². The lowest BCUT2D eigenvalue weighted by atomic mass is 9.46. The minimum Gasteiger partial charge on any atom is -0.392 e. The third-order valence-electron chi connectivity index (χ3n) is 10.6. The molecule has 4 saturated carbocycles. The smallest absolute Gasteiger partial charge is 0.324 e. The Bertz CT molecular complexity index is 1440. The van der Waals surface area contributed by atoms with Crippen molar-refractivity contribution in [1.82, 2.24) is 14.5 Å². The molecule has 6 nitrogen and oxygen atoms in total. The van der Waals surface area contributed by atoms with Gasteiger partial charge in [0.25, 0.3) is 0 Å². The third kappa shape index (κ3) is 3.39. The first-order valence-corrected chi connectivity index (χ1v) is 14.2. The van der Waals surface area contributed by atoms with Gasteiger partial charge >= 0.3 is 6.03 Å². The number of rotatable bonds is 5. The molecule has 202 valence electrons. The summed E-state index contributed by atoms with van der Waals surface area (Å²) in [5.74, 6) is 0.757. The van der Waals surface area contributed by atoms with Crippen LogP contribution in [0.15, 0.2) is 55.0 Å². The van der Waals surface area contributed by atoms with Gasteiger partial charge in [-0.1, -0.05) is 12.1 Å². The number of carbonyl (C=O) groups excluding carboxylic acids is 1. The van der Waals surface area contributed by atoms with Crippen molar-refractivity contribution in [2.24, 2.45) is 23.2 Å². The van der Waals surface area contributed by atoms with Crippen molar-refractivity contribution in [3.05, 3.63) is 72.2 Å². The number of nitrogens with zero attached hydrogens (tertiary/aromatic N) is 4. The topological polar surface area (TPSA) is 61.6 Å². The van der Waals surface area contributed by atoms with Crippen LogP contribution in [0, 0.1) is 34.8 Å². The van der Waals surface area contributed by atoms with Gasteiger partial charge in [-0.25, -0.2) is 18.6 Å². The zero-order valence-electron chi connectivity index (χ0n) is 21.7. The van der Waals surface area contributed by atoms with Gasteiger partial charge < -0.3 is 14.6 Å². The van der Waals surface area contributed by atoms with Gasteiger partial charge in [0.05, 0.1) is 30.4 Å². The maximum atomic E-state index is 15.1. The number of aromatic nitrogens is 2. The normalized spacial score (nSPS) is 33.1. The number of fused-ring (bicyclic) bond motifs is 3. The highest BCUT2D eigenvalue weighted by molar-refractivity contribution is 5.94. The SMILES string of the molecule is O=C1N(c2ccc(F)cc2)CCN1C1C2CC3CC1CC(C(O)CC1c4c(F)cccc4-c4cncn41)(C3)C2. The highest BCUT2D eigenvalue weighted by atomic mass is 19.1. The van der Waals surface area contributed by atoms with Gasteiger partial charge in [-0.2, -0.15) is 0 Å². The Kier molecular flexibility index (Phi) is 5.07. The lowest BCUT2D eigenvalue weighted by Crippen LogP contribution is -2.62. The van der Waals surface area contributed by atoms with Crippen LogP contribution in [0.4, 0.5) is 19.3 Å². The Hall–Kier alpha value is -3.26. The highest BCUT2D eigenvalue weighted by Gasteiger charge is 2.60. The second-order valence-corrected chi connectivity index (χ2v) is 12.6. The van der Waals surface area contributed by atoms with E-state index < -0.39 is 6.10 Å². The summed E-state index contributed by atoms with van der Waals surface area (Å²) in [6.45, 7) is 1.28. The second kappa shape index (κ2) is 8.37. The second-order valence-electron chi connectivity index (χ2n) is 12.6. The first-order valence-electron chi connectivity index (χ1n) is 14.2. The van der Waals surface area contributed by atoms with Gasteiger partial charge in [-0.3, -0.25) is 4.90 Å². The molecule has 6 aliphatic rings. The van der Waals surface area contributed by atoms with Crippen LogP contribution in [-0.2, 0) is 0 Å². The Morgan fingerprint density at radius 3 is 2.56 bits per heavy atom. The molecule has 0 spiro atoms. The van der Waals surface area contributed by atoms with E-state index in [2.05, 4.69) is 9.88 Å². The van der Waals surface area contributed by atoms with E-state index in [1.807, 2.05) is 10.6 Å². The third-order valence-corrected chi connectivity index (χ3v) is 10.6. The average Bonchev–Trinajstić information content (AvgIpc) is 3.61. The molecule has 5 fully saturated rings. The highest BCUT2D eigenvalue weighted by Crippen LogP contribution is 2.63. The molecular formula is C31H32F2N4O2. The number of hydrogen-bond acceptors (Lipinski definition) is 3. The molecule has 4 atom stereocenters. The number of benzene rings is 2. The lowest BCUT2D eigenvalue weighted by Gasteiger charge is -2.63. The van der Waals surface area contributed by atoms with Crippen molar-refractivity contribution < 1.29 is 18.7 Å². The number of aliphatic hydroxyl groups is 1. The molecule has 2 aliphatic heterocycles. The monoisotopic (exact) mass is 530 g/mol. The summed E-state index contributed by atoms with van der Waals surface area (Å²) >= 11 is 0. The first kappa shape index (κ1) is 23.6. The van der Waals surface area contributed by atoms with E-state index in [0.29, 0.717) is 42.8 Å². The van der Waals surface area contributed by atoms with E-state index in [-0.39, 0.29) is 35.2 Å². The maximum absolute atomic E-state index is 15.1. The fourth-order valence-electron chi connectivity index (χ4n) is 9.36. The molecule has 4 aliphatic carbocycles. The van der Waals surface area contributed by atoms with Crippen LogP contribution in [0.25, 0.3) is 11.3 Å². The molecule has 2 aromatic carbocycles. The summed E-state index contributed by atoms with van der Waals surface area (Å²) in [6, 6.07) is 11.3. The number of anilines is 1. The van der Waals surface area contributed by atoms with Crippen molar-refractivity contribution in [1.29, 1.82) is 0 Å². The van der Waals surface area contributed by atoms with Crippen molar-refractivity contribution in [2.75, 3.05) is 18.0 Å². The predicted molar refractivity (Wildman–Crippen MR) is 142 cm³/mol. The molecular weight excluding hydrogens is 498 g/mol. The van der Waals surface area contributed by atoms with Crippen LogP contribution in [0.2, 0.25) is 0 Å². The van der Waals surface area contributed by atoms with Crippen LogP contribution >= 0.6 is 0 Å². The summed E-state index contributed by atoms with van der Waals surface area (Å²) in [5, 5.41) is 11.9. The number of carbonyl (C=O) groups is 1. The van der Waals surface area contributed by atoms with Gasteiger partial charge in [-0.15, -0.1) is 0 Å². The lowest BCUT2D eigenvalue weighted by molar-refractivity contribution is -0.150. The maximum Gasteiger partial charge on any atom is 0.324 e. The number of imidazole rings is 1. The van der Waals surface area contributed by atoms with Gasteiger partial charge in [0, 0.05) is 35.9 Å². The van der Waals surface area contributed by atoms with Gasteiger partial charge in [0.1, 0.15) is 11.6 Å². The molecule has 4 bridgehead atoms. The number of aliphatic hydroxyl groups excluding tert-OH is 1. The fourth-order valence-corrected chi connectivity index (χ4v) is 9.36. The van der Waals surface area contributed by atoms with E-state index >= 15 is 4.39 Å². The van der Waals surface area contributed by atoms with Crippen molar-refractivity contribution in [3.63, 3.8) is 0 Å². The number of urea groups is 1. The largest absolute Gasteiger partial charge is 0.392 e. The number of halogens is 2. The van der Waals surface area contributed by atoms with E-state index in [9.17, 15) is 14.3 Å². The number of hydrogen-bond donors (Lipinski definition) is 1. The van der Waals surface area contributed by atoms with E-state index in [1.165, 1.54) is 18.2 Å². The Balaban J connectivity index is 1.04. The van der Waals surface area contributed by atoms with Crippen molar-refractivity contribution >= 4 is 11.7 Å². The fraction of sp³-hybridized carbons (Fsp3) is 0.484. The van der Waals surface area contributed by atoms with Crippen LogP contribution in [-0.4, -0.2) is 50.8 Å². The Morgan fingerprint density at radius 1 is 1.03 bits per heavy atom. The quantitative estimate of drug-likeness (QED) is 0.466. The molecule has 1 N–H and O–H groups in total. The van der Waals surface area contributed by atoms with Crippen LogP contribution in [0.5, 0.6) is 0 Å². The van der Waals surface area contributed by atoms with E-state index in [1.54, 1.807) is 35.6 Å². The van der Waals surface area contributed by atoms with Gasteiger partial charge in [0.15, 0.2) is 0 Å². The molecule has 0 radical (unpaired) electrons. The van der Waals surface area contributed by atoms with Crippen LogP contribution in [0.3, 0.4) is 0 Å². The zero-order chi connectivity index (χ0) is 26.5. The molecule has 9 rings (SSSR count). The molecule has 1 saturated heterocycles. The predicted octanol–water partition coefficient (Wildman–Crippen LogP) is 5.62. The summed E-state index contributed by atoms with van der Waals surface area (Å²) < 4.78 is 30.5. The minimum absolute atomic E-state index is 0.0133. The molecule has 3 heterocycles. The average molecular weight is 531 g/mol. The van der Waals surface area contributed by atoms with Crippen molar-refractivity contribution in [2.45, 2.75) is 56.7 Å². The summed E-state index contributed by atoms with van der Waals surface area (Å²) in [6.07, 6.45) is 8.47. The molecule has 39 heavy (non-hydrogen) atoms.